The molecule has 0 atom stereocenters. The molecular formula is C11H11FO2. The third kappa shape index (κ3) is 2.69. The fourth-order valence-corrected chi connectivity index (χ4v) is 0.960. The lowest BCUT2D eigenvalue weighted by Gasteiger charge is -2.05. The van der Waals surface area contributed by atoms with E-state index in [0.29, 0.717) is 24.9 Å². The maximum Gasteiger partial charge on any atom is 0.165 e. The molecule has 0 aromatic heterocycles. The van der Waals surface area contributed by atoms with E-state index in [0.717, 1.165) is 6.07 Å². The minimum atomic E-state index is -0.515. The predicted molar refractivity (Wildman–Crippen MR) is 52.1 cm³/mol. The predicted octanol–water partition coefficient (Wildman–Crippen LogP) is 2.59. The van der Waals surface area contributed by atoms with Crippen LogP contribution in [0.2, 0.25) is 0 Å². The number of ether oxygens (including phenoxy) is 1. The third-order valence-corrected chi connectivity index (χ3v) is 1.67. The Balaban J connectivity index is 2.68. The molecule has 14 heavy (non-hydrogen) atoms. The Labute approximate surface area is 82.0 Å². The molecule has 0 fully saturated rings. The summed E-state index contributed by atoms with van der Waals surface area (Å²) in [6.45, 7) is 3.91. The third-order valence-electron chi connectivity index (χ3n) is 1.67. The van der Waals surface area contributed by atoms with E-state index in [2.05, 4.69) is 6.58 Å². The molecule has 0 unspecified atom stereocenters. The van der Waals surface area contributed by atoms with E-state index < -0.39 is 5.82 Å². The lowest BCUT2D eigenvalue weighted by molar-refractivity contribution is 0.112. The number of carbonyl (C=O) groups is 1. The van der Waals surface area contributed by atoms with Crippen LogP contribution in [0.15, 0.2) is 30.9 Å². The van der Waals surface area contributed by atoms with Gasteiger partial charge in [-0.25, -0.2) is 4.39 Å². The Kier molecular flexibility index (Phi) is 3.85. The van der Waals surface area contributed by atoms with Gasteiger partial charge in [0.2, 0.25) is 0 Å². The van der Waals surface area contributed by atoms with Gasteiger partial charge in [0.05, 0.1) is 6.61 Å². The molecule has 0 aliphatic rings. The van der Waals surface area contributed by atoms with Crippen molar-refractivity contribution in [1.82, 2.24) is 0 Å². The quantitative estimate of drug-likeness (QED) is 0.409. The molecule has 0 saturated heterocycles. The van der Waals surface area contributed by atoms with Crippen molar-refractivity contribution < 1.29 is 13.9 Å². The van der Waals surface area contributed by atoms with Gasteiger partial charge in [-0.05, 0) is 24.6 Å². The molecule has 0 radical (unpaired) electrons. The van der Waals surface area contributed by atoms with Crippen LogP contribution in [0.25, 0.3) is 0 Å². The van der Waals surface area contributed by atoms with Crippen LogP contribution in [0.3, 0.4) is 0 Å². The topological polar surface area (TPSA) is 26.3 Å². The van der Waals surface area contributed by atoms with Crippen molar-refractivity contribution in [3.63, 3.8) is 0 Å². The van der Waals surface area contributed by atoms with E-state index in [-0.39, 0.29) is 5.75 Å². The van der Waals surface area contributed by atoms with Gasteiger partial charge in [-0.1, -0.05) is 6.08 Å². The number of aldehydes is 1. The second kappa shape index (κ2) is 5.17. The molecule has 1 rings (SSSR count). The van der Waals surface area contributed by atoms with E-state index in [1.807, 2.05) is 0 Å². The normalized spacial score (nSPS) is 9.50. The Morgan fingerprint density at radius 3 is 2.86 bits per heavy atom. The summed E-state index contributed by atoms with van der Waals surface area (Å²) < 4.78 is 18.3. The zero-order valence-electron chi connectivity index (χ0n) is 7.70. The maximum absolute atomic E-state index is 13.2. The second-order valence-electron chi connectivity index (χ2n) is 2.73. The lowest BCUT2D eigenvalue weighted by atomic mass is 10.2. The number of benzene rings is 1. The van der Waals surface area contributed by atoms with Crippen LogP contribution in [-0.4, -0.2) is 12.9 Å². The van der Waals surface area contributed by atoms with Gasteiger partial charge in [-0.15, -0.1) is 6.58 Å². The summed E-state index contributed by atoms with van der Waals surface area (Å²) in [5.74, 6) is -0.351. The van der Waals surface area contributed by atoms with Gasteiger partial charge in [-0.3, -0.25) is 4.79 Å². The van der Waals surface area contributed by atoms with Crippen molar-refractivity contribution in [2.45, 2.75) is 6.42 Å². The van der Waals surface area contributed by atoms with Gasteiger partial charge in [0.15, 0.2) is 11.6 Å². The Hall–Kier alpha value is -1.64. The summed E-state index contributed by atoms with van der Waals surface area (Å²) >= 11 is 0. The average molecular weight is 194 g/mol. The Bertz CT molecular complexity index is 334. The number of halogens is 1. The average Bonchev–Trinajstić information content (AvgIpc) is 2.20. The highest BCUT2D eigenvalue weighted by Crippen LogP contribution is 2.17. The first kappa shape index (κ1) is 10.4. The summed E-state index contributed by atoms with van der Waals surface area (Å²) in [4.78, 5) is 10.3. The number of hydrogen-bond donors (Lipinski definition) is 0. The molecule has 74 valence electrons. The van der Waals surface area contributed by atoms with Gasteiger partial charge >= 0.3 is 0 Å². The molecule has 0 N–H and O–H groups in total. The molecule has 0 heterocycles. The molecule has 0 amide bonds. The minimum absolute atomic E-state index is 0.164. The molecule has 0 aliphatic heterocycles. The Morgan fingerprint density at radius 2 is 2.29 bits per heavy atom. The second-order valence-corrected chi connectivity index (χ2v) is 2.73. The van der Waals surface area contributed by atoms with Crippen molar-refractivity contribution in [3.05, 3.63) is 42.2 Å². The van der Waals surface area contributed by atoms with Crippen molar-refractivity contribution >= 4 is 6.29 Å². The van der Waals surface area contributed by atoms with Crippen LogP contribution in [-0.2, 0) is 0 Å². The van der Waals surface area contributed by atoms with E-state index in [9.17, 15) is 9.18 Å². The number of hydrogen-bond acceptors (Lipinski definition) is 2. The fraction of sp³-hybridized carbons (Fsp3) is 0.182. The lowest BCUT2D eigenvalue weighted by Crippen LogP contribution is -1.98. The van der Waals surface area contributed by atoms with Crippen molar-refractivity contribution in [2.24, 2.45) is 0 Å². The van der Waals surface area contributed by atoms with Crippen LogP contribution >= 0.6 is 0 Å². The molecule has 0 spiro atoms. The standard InChI is InChI=1S/C11H11FO2/c1-2-3-6-14-11-5-4-9(8-13)7-10(11)12/h2,4-5,7-8H,1,3,6H2. The first-order valence-electron chi connectivity index (χ1n) is 4.26. The van der Waals surface area contributed by atoms with Crippen LogP contribution in [0.4, 0.5) is 4.39 Å². The van der Waals surface area contributed by atoms with Crippen molar-refractivity contribution in [2.75, 3.05) is 6.61 Å². The summed E-state index contributed by atoms with van der Waals surface area (Å²) in [5.41, 5.74) is 0.304. The molecular weight excluding hydrogens is 183 g/mol. The summed E-state index contributed by atoms with van der Waals surface area (Å²) in [5, 5.41) is 0. The van der Waals surface area contributed by atoms with Crippen LogP contribution < -0.4 is 4.74 Å². The Morgan fingerprint density at radius 1 is 1.50 bits per heavy atom. The van der Waals surface area contributed by atoms with Crippen LogP contribution in [0, 0.1) is 5.82 Å². The highest BCUT2D eigenvalue weighted by atomic mass is 19.1. The largest absolute Gasteiger partial charge is 0.490 e. The highest BCUT2D eigenvalue weighted by Gasteiger charge is 2.03. The van der Waals surface area contributed by atoms with Gasteiger partial charge in [0.1, 0.15) is 6.29 Å². The van der Waals surface area contributed by atoms with E-state index >= 15 is 0 Å². The SMILES string of the molecule is C=CCCOc1ccc(C=O)cc1F. The monoisotopic (exact) mass is 194 g/mol. The van der Waals surface area contributed by atoms with Crippen molar-refractivity contribution in [3.8, 4) is 5.75 Å². The summed E-state index contributed by atoms with van der Waals surface area (Å²) in [6.07, 6.45) is 2.95. The number of carbonyl (C=O) groups excluding carboxylic acids is 1. The van der Waals surface area contributed by atoms with E-state index in [1.165, 1.54) is 12.1 Å². The first-order chi connectivity index (χ1) is 6.77. The summed E-state index contributed by atoms with van der Waals surface area (Å²) in [7, 11) is 0. The maximum atomic E-state index is 13.2. The highest BCUT2D eigenvalue weighted by molar-refractivity contribution is 5.74. The first-order valence-corrected chi connectivity index (χ1v) is 4.26. The molecule has 2 nitrogen and oxygen atoms in total. The minimum Gasteiger partial charge on any atom is -0.490 e. The molecule has 0 aliphatic carbocycles. The van der Waals surface area contributed by atoms with Crippen LogP contribution in [0.5, 0.6) is 5.75 Å². The van der Waals surface area contributed by atoms with Gasteiger partial charge in [0, 0.05) is 5.56 Å². The summed E-state index contributed by atoms with van der Waals surface area (Å²) in [6, 6.07) is 4.11. The molecule has 0 saturated carbocycles. The molecule has 0 bridgehead atoms. The fourth-order valence-electron chi connectivity index (χ4n) is 0.960. The zero-order valence-corrected chi connectivity index (χ0v) is 7.70. The van der Waals surface area contributed by atoms with E-state index in [4.69, 9.17) is 4.74 Å². The van der Waals surface area contributed by atoms with Gasteiger partial charge in [0.25, 0.3) is 0 Å². The molecule has 3 heteroatoms. The smallest absolute Gasteiger partial charge is 0.165 e. The van der Waals surface area contributed by atoms with E-state index in [1.54, 1.807) is 6.08 Å². The van der Waals surface area contributed by atoms with Crippen molar-refractivity contribution in [1.29, 1.82) is 0 Å². The van der Waals surface area contributed by atoms with Gasteiger partial charge < -0.3 is 4.74 Å². The zero-order chi connectivity index (χ0) is 10.4. The number of rotatable bonds is 5. The molecule has 1 aromatic rings. The van der Waals surface area contributed by atoms with Crippen LogP contribution in [0.1, 0.15) is 16.8 Å². The molecule has 1 aromatic carbocycles. The van der Waals surface area contributed by atoms with Gasteiger partial charge in [-0.2, -0.15) is 0 Å².